The molecule has 0 aromatic heterocycles. The summed E-state index contributed by atoms with van der Waals surface area (Å²) in [6, 6.07) is 14.4. The lowest BCUT2D eigenvalue weighted by Gasteiger charge is -2.12. The van der Waals surface area contributed by atoms with Crippen LogP contribution in [0.4, 0.5) is 0 Å². The fourth-order valence-electron chi connectivity index (χ4n) is 2.15. The molecule has 5 heteroatoms. The van der Waals surface area contributed by atoms with Gasteiger partial charge in [0, 0.05) is 6.42 Å². The Bertz CT molecular complexity index is 734. The lowest BCUT2D eigenvalue weighted by Crippen LogP contribution is -2.06. The van der Waals surface area contributed by atoms with Crippen molar-refractivity contribution >= 4 is 5.97 Å². The molecular weight excluding hydrogens is 294 g/mol. The van der Waals surface area contributed by atoms with E-state index in [0.29, 0.717) is 35.7 Å². The van der Waals surface area contributed by atoms with Gasteiger partial charge in [-0.1, -0.05) is 18.2 Å². The molecule has 0 aliphatic heterocycles. The smallest absolute Gasteiger partial charge is 0.337 e. The number of carbonyl (C=O) groups excluding carboxylic acids is 1. The minimum absolute atomic E-state index is 0.361. The van der Waals surface area contributed by atoms with Gasteiger partial charge in [0.05, 0.1) is 38.0 Å². The zero-order valence-corrected chi connectivity index (χ0v) is 13.0. The molecule has 2 aromatic rings. The largest absolute Gasteiger partial charge is 0.493 e. The van der Waals surface area contributed by atoms with Gasteiger partial charge in [0.25, 0.3) is 0 Å². The van der Waals surface area contributed by atoms with E-state index < -0.39 is 5.97 Å². The second-order valence-corrected chi connectivity index (χ2v) is 4.72. The Morgan fingerprint density at radius 2 is 1.91 bits per heavy atom. The summed E-state index contributed by atoms with van der Waals surface area (Å²) < 4.78 is 15.7. The molecule has 118 valence electrons. The summed E-state index contributed by atoms with van der Waals surface area (Å²) in [7, 11) is 2.86. The first-order valence-electron chi connectivity index (χ1n) is 7.06. The van der Waals surface area contributed by atoms with E-state index in [1.807, 2.05) is 18.2 Å². The first-order chi connectivity index (χ1) is 11.2. The SMILES string of the molecule is COC(=O)c1ccc(OC)c(OCCc2ccccc2C#N)c1. The standard InChI is InChI=1S/C18H17NO4/c1-21-16-8-7-14(18(20)22-2)11-17(16)23-10-9-13-5-3-4-6-15(13)12-19/h3-8,11H,9-10H2,1-2H3. The Balaban J connectivity index is 2.10. The highest BCUT2D eigenvalue weighted by atomic mass is 16.5. The van der Waals surface area contributed by atoms with Crippen LogP contribution in [0.5, 0.6) is 11.5 Å². The van der Waals surface area contributed by atoms with E-state index in [4.69, 9.17) is 19.5 Å². The molecular formula is C18H17NO4. The zero-order chi connectivity index (χ0) is 16.7. The van der Waals surface area contributed by atoms with Crippen molar-refractivity contribution < 1.29 is 19.0 Å². The number of esters is 1. The Morgan fingerprint density at radius 3 is 2.61 bits per heavy atom. The summed E-state index contributed by atoms with van der Waals surface area (Å²) in [5.74, 6) is 0.559. The highest BCUT2D eigenvalue weighted by molar-refractivity contribution is 5.90. The molecule has 0 saturated heterocycles. The van der Waals surface area contributed by atoms with Crippen molar-refractivity contribution in [1.29, 1.82) is 5.26 Å². The Kier molecular flexibility index (Phi) is 5.59. The number of nitriles is 1. The van der Waals surface area contributed by atoms with Crippen LogP contribution in [0.25, 0.3) is 0 Å². The van der Waals surface area contributed by atoms with Crippen LogP contribution in [-0.4, -0.2) is 26.8 Å². The van der Waals surface area contributed by atoms with Crippen LogP contribution < -0.4 is 9.47 Å². The Labute approximate surface area is 135 Å². The van der Waals surface area contributed by atoms with E-state index in [2.05, 4.69) is 6.07 Å². The molecule has 0 saturated carbocycles. The lowest BCUT2D eigenvalue weighted by atomic mass is 10.1. The predicted molar refractivity (Wildman–Crippen MR) is 84.7 cm³/mol. The molecule has 0 aliphatic carbocycles. The molecule has 0 fully saturated rings. The number of ether oxygens (including phenoxy) is 3. The number of hydrogen-bond donors (Lipinski definition) is 0. The molecule has 0 unspecified atom stereocenters. The fourth-order valence-corrected chi connectivity index (χ4v) is 2.15. The number of hydrogen-bond acceptors (Lipinski definition) is 5. The Morgan fingerprint density at radius 1 is 1.13 bits per heavy atom. The van der Waals surface area contributed by atoms with E-state index in [1.165, 1.54) is 14.2 Å². The van der Waals surface area contributed by atoms with Gasteiger partial charge in [0.15, 0.2) is 11.5 Å². The monoisotopic (exact) mass is 311 g/mol. The topological polar surface area (TPSA) is 68.6 Å². The van der Waals surface area contributed by atoms with E-state index in [0.717, 1.165) is 5.56 Å². The van der Waals surface area contributed by atoms with Gasteiger partial charge in [-0.3, -0.25) is 0 Å². The van der Waals surface area contributed by atoms with Gasteiger partial charge < -0.3 is 14.2 Å². The molecule has 0 N–H and O–H groups in total. The summed E-state index contributed by atoms with van der Waals surface area (Å²) in [4.78, 5) is 11.6. The van der Waals surface area contributed by atoms with Crippen molar-refractivity contribution in [3.63, 3.8) is 0 Å². The van der Waals surface area contributed by atoms with Crippen LogP contribution in [0.3, 0.4) is 0 Å². The van der Waals surface area contributed by atoms with Gasteiger partial charge in [0.2, 0.25) is 0 Å². The number of methoxy groups -OCH3 is 2. The van der Waals surface area contributed by atoms with Crippen molar-refractivity contribution in [2.24, 2.45) is 0 Å². The maximum absolute atomic E-state index is 11.6. The summed E-state index contributed by atoms with van der Waals surface area (Å²) in [6.07, 6.45) is 0.579. The minimum atomic E-state index is -0.438. The van der Waals surface area contributed by atoms with Gasteiger partial charge in [0.1, 0.15) is 0 Å². The number of rotatable bonds is 6. The fraction of sp³-hybridized carbons (Fsp3) is 0.222. The molecule has 2 aromatic carbocycles. The molecule has 0 atom stereocenters. The first kappa shape index (κ1) is 16.4. The molecule has 0 amide bonds. The van der Waals surface area contributed by atoms with E-state index >= 15 is 0 Å². The maximum atomic E-state index is 11.6. The van der Waals surface area contributed by atoms with Crippen molar-refractivity contribution in [3.8, 4) is 17.6 Å². The predicted octanol–water partition coefficient (Wildman–Crippen LogP) is 2.97. The van der Waals surface area contributed by atoms with Crippen molar-refractivity contribution in [2.75, 3.05) is 20.8 Å². The first-order valence-corrected chi connectivity index (χ1v) is 7.06. The van der Waals surface area contributed by atoms with Crippen molar-refractivity contribution in [1.82, 2.24) is 0 Å². The number of benzene rings is 2. The third kappa shape index (κ3) is 4.01. The molecule has 0 aliphatic rings. The van der Waals surface area contributed by atoms with Crippen LogP contribution in [0.1, 0.15) is 21.5 Å². The minimum Gasteiger partial charge on any atom is -0.493 e. The molecule has 2 rings (SSSR count). The molecule has 0 heterocycles. The van der Waals surface area contributed by atoms with Gasteiger partial charge in [-0.05, 0) is 29.8 Å². The number of carbonyl (C=O) groups is 1. The normalized spacial score (nSPS) is 9.78. The van der Waals surface area contributed by atoms with Gasteiger partial charge >= 0.3 is 5.97 Å². The Hall–Kier alpha value is -3.00. The summed E-state index contributed by atoms with van der Waals surface area (Å²) in [6.45, 7) is 0.361. The van der Waals surface area contributed by atoms with Crippen molar-refractivity contribution in [2.45, 2.75) is 6.42 Å². The second-order valence-electron chi connectivity index (χ2n) is 4.72. The van der Waals surface area contributed by atoms with Crippen molar-refractivity contribution in [3.05, 3.63) is 59.2 Å². The van der Waals surface area contributed by atoms with Crippen LogP contribution in [0.15, 0.2) is 42.5 Å². The van der Waals surface area contributed by atoms with Crippen LogP contribution >= 0.6 is 0 Å². The van der Waals surface area contributed by atoms with Gasteiger partial charge in [-0.15, -0.1) is 0 Å². The van der Waals surface area contributed by atoms with E-state index in [9.17, 15) is 4.79 Å². The van der Waals surface area contributed by atoms with Crippen LogP contribution in [-0.2, 0) is 11.2 Å². The van der Waals surface area contributed by atoms with Gasteiger partial charge in [-0.25, -0.2) is 4.79 Å². The average molecular weight is 311 g/mol. The summed E-state index contributed by atoms with van der Waals surface area (Å²) in [5, 5.41) is 9.08. The van der Waals surface area contributed by atoms with Crippen LogP contribution in [0.2, 0.25) is 0 Å². The molecule has 0 spiro atoms. The van der Waals surface area contributed by atoms with E-state index in [-0.39, 0.29) is 0 Å². The third-order valence-corrected chi connectivity index (χ3v) is 3.35. The molecule has 0 radical (unpaired) electrons. The highest BCUT2D eigenvalue weighted by Crippen LogP contribution is 2.28. The molecule has 0 bridgehead atoms. The van der Waals surface area contributed by atoms with E-state index in [1.54, 1.807) is 24.3 Å². The lowest BCUT2D eigenvalue weighted by molar-refractivity contribution is 0.0600. The maximum Gasteiger partial charge on any atom is 0.337 e. The summed E-state index contributed by atoms with van der Waals surface area (Å²) in [5.41, 5.74) is 1.94. The highest BCUT2D eigenvalue weighted by Gasteiger charge is 2.11. The second kappa shape index (κ2) is 7.85. The zero-order valence-electron chi connectivity index (χ0n) is 13.0. The number of nitrogens with zero attached hydrogens (tertiary/aromatic N) is 1. The van der Waals surface area contributed by atoms with Gasteiger partial charge in [-0.2, -0.15) is 5.26 Å². The van der Waals surface area contributed by atoms with Crippen LogP contribution in [0, 0.1) is 11.3 Å². The molecule has 23 heavy (non-hydrogen) atoms. The molecule has 5 nitrogen and oxygen atoms in total. The average Bonchev–Trinajstić information content (AvgIpc) is 2.61. The third-order valence-electron chi connectivity index (χ3n) is 3.35. The quantitative estimate of drug-likeness (QED) is 0.767. The summed E-state index contributed by atoms with van der Waals surface area (Å²) >= 11 is 0.